The molecular weight excluding hydrogens is 473 g/mol. The van der Waals surface area contributed by atoms with Crippen molar-refractivity contribution in [2.45, 2.75) is 24.1 Å². The minimum absolute atomic E-state index is 0.178. The molecule has 12 heteroatoms. The van der Waals surface area contributed by atoms with Crippen LogP contribution in [0.1, 0.15) is 12.5 Å². The summed E-state index contributed by atoms with van der Waals surface area (Å²) in [6.07, 6.45) is -5.61. The minimum Gasteiger partial charge on any atom is -0.481 e. The highest BCUT2D eigenvalue weighted by Crippen LogP contribution is 2.37. The van der Waals surface area contributed by atoms with Crippen molar-refractivity contribution in [1.82, 2.24) is 4.90 Å². The lowest BCUT2D eigenvalue weighted by molar-refractivity contribution is -0.142. The first-order valence-electron chi connectivity index (χ1n) is 9.50. The number of halogens is 4. The number of benzene rings is 2. The van der Waals surface area contributed by atoms with Gasteiger partial charge in [-0.3, -0.25) is 9.52 Å². The summed E-state index contributed by atoms with van der Waals surface area (Å²) in [4.78, 5) is 13.7. The smallest absolute Gasteiger partial charge is 0.418 e. The van der Waals surface area contributed by atoms with Crippen LogP contribution in [0.4, 0.5) is 18.9 Å². The van der Waals surface area contributed by atoms with E-state index in [1.54, 1.807) is 11.8 Å². The third-order valence-corrected chi connectivity index (χ3v) is 6.27. The first-order valence-corrected chi connectivity index (χ1v) is 11.4. The maximum Gasteiger partial charge on any atom is 0.418 e. The van der Waals surface area contributed by atoms with Gasteiger partial charge in [0.05, 0.1) is 29.4 Å². The Labute approximate surface area is 188 Å². The fourth-order valence-electron chi connectivity index (χ4n) is 3.04. The molecular formula is C20H20ClF3N2O5S. The van der Waals surface area contributed by atoms with Gasteiger partial charge in [-0.2, -0.15) is 13.2 Å². The van der Waals surface area contributed by atoms with Crippen molar-refractivity contribution < 1.29 is 35.9 Å². The molecule has 3 rings (SSSR count). The molecule has 1 fully saturated rings. The number of morpholine rings is 1. The number of amides is 1. The number of hydrogen-bond donors (Lipinski definition) is 1. The quantitative estimate of drug-likeness (QED) is 0.663. The van der Waals surface area contributed by atoms with E-state index in [2.05, 4.69) is 0 Å². The van der Waals surface area contributed by atoms with Crippen LogP contribution in [-0.2, 0) is 25.7 Å². The van der Waals surface area contributed by atoms with Gasteiger partial charge in [-0.1, -0.05) is 11.6 Å². The molecule has 0 spiro atoms. The number of rotatable bonds is 6. The van der Waals surface area contributed by atoms with Crippen LogP contribution in [0, 0.1) is 0 Å². The molecule has 0 unspecified atom stereocenters. The van der Waals surface area contributed by atoms with E-state index in [0.717, 1.165) is 12.1 Å². The van der Waals surface area contributed by atoms with Crippen LogP contribution in [0.3, 0.4) is 0 Å². The molecule has 1 amide bonds. The maximum atomic E-state index is 13.2. The molecule has 0 aromatic heterocycles. The predicted octanol–water partition coefficient (Wildman–Crippen LogP) is 3.79. The van der Waals surface area contributed by atoms with Crippen molar-refractivity contribution in [3.8, 4) is 5.75 Å². The zero-order valence-corrected chi connectivity index (χ0v) is 18.4. The average molecular weight is 493 g/mol. The Morgan fingerprint density at radius 3 is 2.38 bits per heavy atom. The highest BCUT2D eigenvalue weighted by molar-refractivity contribution is 7.92. The lowest BCUT2D eigenvalue weighted by atomic mass is 10.2. The van der Waals surface area contributed by atoms with Crippen LogP contribution < -0.4 is 9.46 Å². The standard InChI is InChI=1S/C20H20ClF3N2O5S/c1-13(19(27)26-8-10-30-11-9-26)31-15-3-5-16(6-4-15)32(28,29)25-18-7-2-14(21)12-17(18)20(22,23)24/h2-7,12-13,25H,8-11H2,1H3/t13-/m1/s1. The first-order chi connectivity index (χ1) is 15.0. The van der Waals surface area contributed by atoms with Crippen LogP contribution in [0.15, 0.2) is 47.4 Å². The third kappa shape index (κ3) is 5.84. The van der Waals surface area contributed by atoms with E-state index in [-0.39, 0.29) is 21.6 Å². The third-order valence-electron chi connectivity index (χ3n) is 4.65. The van der Waals surface area contributed by atoms with E-state index in [9.17, 15) is 26.4 Å². The second kappa shape index (κ2) is 9.55. The van der Waals surface area contributed by atoms with Gasteiger partial charge in [0.25, 0.3) is 15.9 Å². The van der Waals surface area contributed by atoms with Gasteiger partial charge in [-0.05, 0) is 49.4 Å². The van der Waals surface area contributed by atoms with E-state index in [1.807, 2.05) is 4.72 Å². The number of ether oxygens (including phenoxy) is 2. The number of hydrogen-bond acceptors (Lipinski definition) is 5. The molecule has 1 aliphatic heterocycles. The molecule has 2 aromatic rings. The van der Waals surface area contributed by atoms with Gasteiger partial charge in [0.2, 0.25) is 0 Å². The van der Waals surface area contributed by atoms with Crippen molar-refractivity contribution >= 4 is 33.2 Å². The fourth-order valence-corrected chi connectivity index (χ4v) is 4.29. The van der Waals surface area contributed by atoms with Gasteiger partial charge in [0.15, 0.2) is 6.10 Å². The molecule has 0 bridgehead atoms. The van der Waals surface area contributed by atoms with Crippen LogP contribution in [-0.4, -0.2) is 51.6 Å². The van der Waals surface area contributed by atoms with E-state index in [4.69, 9.17) is 21.1 Å². The van der Waals surface area contributed by atoms with Crippen LogP contribution >= 0.6 is 11.6 Å². The Hall–Kier alpha value is -2.50. The van der Waals surface area contributed by atoms with E-state index >= 15 is 0 Å². The molecule has 32 heavy (non-hydrogen) atoms. The van der Waals surface area contributed by atoms with Gasteiger partial charge in [-0.25, -0.2) is 8.42 Å². The number of carbonyl (C=O) groups is 1. The highest BCUT2D eigenvalue weighted by Gasteiger charge is 2.35. The molecule has 0 saturated carbocycles. The molecule has 1 N–H and O–H groups in total. The number of carbonyl (C=O) groups excluding carboxylic acids is 1. The summed E-state index contributed by atoms with van der Waals surface area (Å²) in [7, 11) is -4.33. The van der Waals surface area contributed by atoms with Crippen LogP contribution in [0.25, 0.3) is 0 Å². The second-order valence-corrected chi connectivity index (χ2v) is 9.08. The normalized spacial score (nSPS) is 15.8. The van der Waals surface area contributed by atoms with Gasteiger partial charge in [0, 0.05) is 18.1 Å². The monoisotopic (exact) mass is 492 g/mol. The summed E-state index contributed by atoms with van der Waals surface area (Å²) in [6, 6.07) is 7.73. The summed E-state index contributed by atoms with van der Waals surface area (Å²) in [5, 5.41) is -0.178. The molecule has 0 aliphatic carbocycles. The van der Waals surface area contributed by atoms with Crippen LogP contribution in [0.5, 0.6) is 5.75 Å². The van der Waals surface area contributed by atoms with Crippen molar-refractivity contribution in [2.75, 3.05) is 31.0 Å². The highest BCUT2D eigenvalue weighted by atomic mass is 35.5. The molecule has 1 saturated heterocycles. The van der Waals surface area contributed by atoms with Crippen LogP contribution in [0.2, 0.25) is 5.02 Å². The van der Waals surface area contributed by atoms with Gasteiger partial charge in [0.1, 0.15) is 5.75 Å². The molecule has 1 aliphatic rings. The zero-order chi connectivity index (χ0) is 23.5. The molecule has 0 radical (unpaired) electrons. The molecule has 7 nitrogen and oxygen atoms in total. The van der Waals surface area contributed by atoms with E-state index in [1.165, 1.54) is 24.3 Å². The Kier molecular flexibility index (Phi) is 7.21. The number of anilines is 1. The predicted molar refractivity (Wildman–Crippen MR) is 111 cm³/mol. The van der Waals surface area contributed by atoms with Crippen molar-refractivity contribution in [3.05, 3.63) is 53.1 Å². The number of alkyl halides is 3. The van der Waals surface area contributed by atoms with E-state index in [0.29, 0.717) is 32.4 Å². The van der Waals surface area contributed by atoms with Crippen molar-refractivity contribution in [1.29, 1.82) is 0 Å². The maximum absolute atomic E-state index is 13.2. The largest absolute Gasteiger partial charge is 0.481 e. The average Bonchev–Trinajstić information content (AvgIpc) is 2.74. The Morgan fingerprint density at radius 1 is 1.16 bits per heavy atom. The van der Waals surface area contributed by atoms with Crippen molar-refractivity contribution in [3.63, 3.8) is 0 Å². The summed E-state index contributed by atoms with van der Waals surface area (Å²) in [5.74, 6) is 0.00890. The molecule has 1 atom stereocenters. The molecule has 1 heterocycles. The Bertz CT molecular complexity index is 1070. The lowest BCUT2D eigenvalue weighted by Crippen LogP contribution is -2.46. The second-order valence-electron chi connectivity index (χ2n) is 6.96. The first kappa shape index (κ1) is 24.1. The number of nitrogens with zero attached hydrogens (tertiary/aromatic N) is 1. The zero-order valence-electron chi connectivity index (χ0n) is 16.9. The van der Waals surface area contributed by atoms with E-state index < -0.39 is 33.6 Å². The summed E-state index contributed by atoms with van der Waals surface area (Å²) in [6.45, 7) is 3.38. The fraction of sp³-hybridized carbons (Fsp3) is 0.350. The molecule has 174 valence electrons. The minimum atomic E-state index is -4.80. The van der Waals surface area contributed by atoms with Gasteiger partial charge >= 0.3 is 6.18 Å². The lowest BCUT2D eigenvalue weighted by Gasteiger charge is -2.29. The summed E-state index contributed by atoms with van der Waals surface area (Å²) in [5.41, 5.74) is -1.85. The SMILES string of the molecule is C[C@@H](Oc1ccc(S(=O)(=O)Nc2ccc(Cl)cc2C(F)(F)F)cc1)C(=O)N1CCOCC1. The number of nitrogens with one attached hydrogen (secondary N) is 1. The van der Waals surface area contributed by atoms with Gasteiger partial charge in [-0.15, -0.1) is 0 Å². The summed E-state index contributed by atoms with van der Waals surface area (Å²) < 4.78 is 77.6. The van der Waals surface area contributed by atoms with Gasteiger partial charge < -0.3 is 14.4 Å². The molecule has 2 aromatic carbocycles. The Morgan fingerprint density at radius 2 is 1.78 bits per heavy atom. The van der Waals surface area contributed by atoms with Crippen molar-refractivity contribution in [2.24, 2.45) is 0 Å². The summed E-state index contributed by atoms with van der Waals surface area (Å²) >= 11 is 5.62. The Balaban J connectivity index is 1.72. The number of sulfonamides is 1. The topological polar surface area (TPSA) is 84.9 Å².